The van der Waals surface area contributed by atoms with Crippen LogP contribution in [-0.2, 0) is 0 Å². The van der Waals surface area contributed by atoms with E-state index in [9.17, 15) is 4.79 Å². The molecule has 0 radical (unpaired) electrons. The van der Waals surface area contributed by atoms with Crippen LogP contribution in [0.15, 0.2) is 42.0 Å². The first-order chi connectivity index (χ1) is 11.7. The molecule has 2 aromatic heterocycles. The minimum Gasteiger partial charge on any atom is -0.368 e. The van der Waals surface area contributed by atoms with Crippen molar-refractivity contribution in [3.8, 4) is 0 Å². The summed E-state index contributed by atoms with van der Waals surface area (Å²) in [6.45, 7) is 5.34. The van der Waals surface area contributed by atoms with Gasteiger partial charge in [-0.05, 0) is 42.6 Å². The summed E-state index contributed by atoms with van der Waals surface area (Å²) < 4.78 is 1.16. The third-order valence-electron chi connectivity index (χ3n) is 4.44. The van der Waals surface area contributed by atoms with Crippen LogP contribution in [0.3, 0.4) is 0 Å². The summed E-state index contributed by atoms with van der Waals surface area (Å²) in [5.41, 5.74) is 2.95. The van der Waals surface area contributed by atoms with Crippen LogP contribution in [0.1, 0.15) is 17.3 Å². The van der Waals surface area contributed by atoms with Crippen LogP contribution in [0, 0.1) is 0 Å². The maximum absolute atomic E-state index is 11.4. The molecule has 0 unspecified atom stereocenters. The summed E-state index contributed by atoms with van der Waals surface area (Å²) in [4.78, 5) is 24.9. The fourth-order valence-corrected chi connectivity index (χ4v) is 3.95. The summed E-state index contributed by atoms with van der Waals surface area (Å²) in [6, 6.07) is 9.93. The molecule has 0 aliphatic carbocycles. The SMILES string of the molecule is CC(=O)c1ccc(N2CCN(c3ncnc4ccsc34)CC2)cc1. The van der Waals surface area contributed by atoms with E-state index in [-0.39, 0.29) is 5.78 Å². The van der Waals surface area contributed by atoms with Crippen LogP contribution in [0.4, 0.5) is 11.5 Å². The first kappa shape index (κ1) is 15.1. The van der Waals surface area contributed by atoms with E-state index in [1.165, 1.54) is 5.69 Å². The van der Waals surface area contributed by atoms with Gasteiger partial charge in [0, 0.05) is 37.4 Å². The van der Waals surface area contributed by atoms with Crippen molar-refractivity contribution in [3.05, 3.63) is 47.6 Å². The van der Waals surface area contributed by atoms with Gasteiger partial charge in [-0.3, -0.25) is 4.79 Å². The fraction of sp³-hybridized carbons (Fsp3) is 0.278. The number of carbonyl (C=O) groups excluding carboxylic acids is 1. The molecule has 1 aliphatic rings. The van der Waals surface area contributed by atoms with Crippen LogP contribution < -0.4 is 9.80 Å². The van der Waals surface area contributed by atoms with E-state index < -0.39 is 0 Å². The normalized spacial score (nSPS) is 15.0. The van der Waals surface area contributed by atoms with Gasteiger partial charge < -0.3 is 9.80 Å². The first-order valence-corrected chi connectivity index (χ1v) is 8.89. The number of rotatable bonds is 3. The zero-order valence-electron chi connectivity index (χ0n) is 13.5. The monoisotopic (exact) mass is 338 g/mol. The quantitative estimate of drug-likeness (QED) is 0.686. The van der Waals surface area contributed by atoms with Gasteiger partial charge in [0.25, 0.3) is 0 Å². The van der Waals surface area contributed by atoms with Crippen molar-refractivity contribution in [2.45, 2.75) is 6.92 Å². The van der Waals surface area contributed by atoms with Gasteiger partial charge in [0.2, 0.25) is 0 Å². The van der Waals surface area contributed by atoms with Gasteiger partial charge in [-0.15, -0.1) is 11.3 Å². The van der Waals surface area contributed by atoms with Gasteiger partial charge in [0.05, 0.1) is 10.2 Å². The number of Topliss-reactive ketones (excluding diaryl/α,β-unsaturated/α-hetero) is 1. The number of nitrogens with zero attached hydrogens (tertiary/aromatic N) is 4. The van der Waals surface area contributed by atoms with Crippen LogP contribution in [-0.4, -0.2) is 41.9 Å². The van der Waals surface area contributed by atoms with Gasteiger partial charge >= 0.3 is 0 Å². The van der Waals surface area contributed by atoms with Crippen LogP contribution >= 0.6 is 11.3 Å². The average Bonchev–Trinajstić information content (AvgIpc) is 3.11. The Morgan fingerprint density at radius 1 is 1.00 bits per heavy atom. The van der Waals surface area contributed by atoms with Crippen molar-refractivity contribution in [3.63, 3.8) is 0 Å². The summed E-state index contributed by atoms with van der Waals surface area (Å²) in [5, 5.41) is 2.07. The predicted molar refractivity (Wildman–Crippen MR) is 98.3 cm³/mol. The lowest BCUT2D eigenvalue weighted by Crippen LogP contribution is -2.46. The zero-order chi connectivity index (χ0) is 16.5. The molecule has 0 bridgehead atoms. The number of carbonyl (C=O) groups is 1. The lowest BCUT2D eigenvalue weighted by Gasteiger charge is -2.36. The van der Waals surface area contributed by atoms with Gasteiger partial charge in [-0.1, -0.05) is 0 Å². The number of thiophene rings is 1. The second-order valence-corrected chi connectivity index (χ2v) is 6.83. The Hall–Kier alpha value is -2.47. The molecule has 1 fully saturated rings. The maximum Gasteiger partial charge on any atom is 0.159 e. The summed E-state index contributed by atoms with van der Waals surface area (Å²) in [7, 11) is 0. The molecule has 3 heterocycles. The van der Waals surface area contributed by atoms with E-state index >= 15 is 0 Å². The van der Waals surface area contributed by atoms with Crippen molar-refractivity contribution in [2.24, 2.45) is 0 Å². The van der Waals surface area contributed by atoms with Crippen LogP contribution in [0.25, 0.3) is 10.2 Å². The van der Waals surface area contributed by atoms with Gasteiger partial charge in [0.15, 0.2) is 5.78 Å². The summed E-state index contributed by atoms with van der Waals surface area (Å²) in [5.74, 6) is 1.15. The molecule has 1 saturated heterocycles. The summed E-state index contributed by atoms with van der Waals surface area (Å²) >= 11 is 1.70. The summed E-state index contributed by atoms with van der Waals surface area (Å²) in [6.07, 6.45) is 1.65. The molecular weight excluding hydrogens is 320 g/mol. The van der Waals surface area contributed by atoms with Gasteiger partial charge in [0.1, 0.15) is 12.1 Å². The number of piperazine rings is 1. The molecule has 1 aliphatic heterocycles. The standard InChI is InChI=1S/C18H18N4OS/c1-13(23)14-2-4-15(5-3-14)21-7-9-22(10-8-21)18-17-16(6-11-24-17)19-12-20-18/h2-6,11-12H,7-10H2,1H3. The molecule has 122 valence electrons. The molecule has 3 aromatic rings. The second-order valence-electron chi connectivity index (χ2n) is 5.91. The lowest BCUT2D eigenvalue weighted by atomic mass is 10.1. The Morgan fingerprint density at radius 3 is 2.42 bits per heavy atom. The highest BCUT2D eigenvalue weighted by molar-refractivity contribution is 7.17. The second kappa shape index (κ2) is 6.20. The molecule has 0 spiro atoms. The zero-order valence-corrected chi connectivity index (χ0v) is 14.3. The number of ketones is 1. The maximum atomic E-state index is 11.4. The number of aromatic nitrogens is 2. The van der Waals surface area contributed by atoms with E-state index in [1.54, 1.807) is 24.6 Å². The molecule has 0 N–H and O–H groups in total. The molecule has 5 nitrogen and oxygen atoms in total. The molecule has 24 heavy (non-hydrogen) atoms. The number of benzene rings is 1. The first-order valence-electron chi connectivity index (χ1n) is 8.01. The minimum atomic E-state index is 0.107. The fourth-order valence-electron chi connectivity index (χ4n) is 3.08. The highest BCUT2D eigenvalue weighted by atomic mass is 32.1. The third-order valence-corrected chi connectivity index (χ3v) is 5.34. The molecule has 1 aromatic carbocycles. The topological polar surface area (TPSA) is 49.3 Å². The number of anilines is 2. The van der Waals surface area contributed by atoms with Crippen molar-refractivity contribution >= 4 is 38.8 Å². The molecular formula is C18H18N4OS. The number of hydrogen-bond acceptors (Lipinski definition) is 6. The smallest absolute Gasteiger partial charge is 0.159 e. The Morgan fingerprint density at radius 2 is 1.71 bits per heavy atom. The van der Waals surface area contributed by atoms with Crippen molar-refractivity contribution in [1.29, 1.82) is 0 Å². The van der Waals surface area contributed by atoms with E-state index in [1.807, 2.05) is 30.3 Å². The molecule has 0 atom stereocenters. The number of fused-ring (bicyclic) bond motifs is 1. The highest BCUT2D eigenvalue weighted by Crippen LogP contribution is 2.29. The minimum absolute atomic E-state index is 0.107. The van der Waals surface area contributed by atoms with E-state index in [0.29, 0.717) is 0 Å². The van der Waals surface area contributed by atoms with E-state index in [4.69, 9.17) is 0 Å². The third kappa shape index (κ3) is 2.73. The average molecular weight is 338 g/mol. The van der Waals surface area contributed by atoms with Crippen molar-refractivity contribution in [1.82, 2.24) is 9.97 Å². The van der Waals surface area contributed by atoms with Crippen LogP contribution in [0.2, 0.25) is 0 Å². The van der Waals surface area contributed by atoms with E-state index in [0.717, 1.165) is 47.8 Å². The van der Waals surface area contributed by atoms with Gasteiger partial charge in [-0.25, -0.2) is 9.97 Å². The molecule has 6 heteroatoms. The Bertz CT molecular complexity index is 866. The predicted octanol–water partition coefficient (Wildman–Crippen LogP) is 3.22. The van der Waals surface area contributed by atoms with Crippen molar-refractivity contribution in [2.75, 3.05) is 36.0 Å². The highest BCUT2D eigenvalue weighted by Gasteiger charge is 2.20. The molecule has 4 rings (SSSR count). The van der Waals surface area contributed by atoms with Crippen molar-refractivity contribution < 1.29 is 4.79 Å². The Labute approximate surface area is 144 Å². The van der Waals surface area contributed by atoms with Crippen LogP contribution in [0.5, 0.6) is 0 Å². The molecule has 0 amide bonds. The Kier molecular flexibility index (Phi) is 3.90. The van der Waals surface area contributed by atoms with E-state index in [2.05, 4.69) is 25.1 Å². The lowest BCUT2D eigenvalue weighted by molar-refractivity contribution is 0.101. The Balaban J connectivity index is 1.48. The van der Waals surface area contributed by atoms with Gasteiger partial charge in [-0.2, -0.15) is 0 Å². The number of hydrogen-bond donors (Lipinski definition) is 0. The molecule has 0 saturated carbocycles. The largest absolute Gasteiger partial charge is 0.368 e.